The molecule has 2 nitrogen and oxygen atoms in total. The van der Waals surface area contributed by atoms with Crippen LogP contribution < -0.4 is 20.6 Å². The lowest BCUT2D eigenvalue weighted by molar-refractivity contribution is 0.590. The summed E-state index contributed by atoms with van der Waals surface area (Å²) >= 11 is 0. The van der Waals surface area contributed by atoms with E-state index in [-0.39, 0.29) is 23.1 Å². The lowest BCUT2D eigenvalue weighted by atomic mass is 9.43. The highest BCUT2D eigenvalue weighted by atomic mass is 15.2. The van der Waals surface area contributed by atoms with Crippen LogP contribution in [0.2, 0.25) is 0 Å². The van der Waals surface area contributed by atoms with Gasteiger partial charge in [-0.2, -0.15) is 0 Å². The van der Waals surface area contributed by atoms with Gasteiger partial charge in [-0.15, -0.1) is 0 Å². The van der Waals surface area contributed by atoms with Crippen LogP contribution in [0.25, 0.3) is 33.4 Å². The lowest BCUT2D eigenvalue weighted by Gasteiger charge is -2.46. The van der Waals surface area contributed by atoms with Gasteiger partial charge >= 0.3 is 6.85 Å². The van der Waals surface area contributed by atoms with E-state index in [9.17, 15) is 0 Å². The van der Waals surface area contributed by atoms with Gasteiger partial charge in [0.25, 0.3) is 0 Å². The molecule has 280 valence electrons. The number of benzene rings is 7. The van der Waals surface area contributed by atoms with Crippen LogP contribution in [0, 0.1) is 6.92 Å². The molecule has 1 aliphatic carbocycles. The van der Waals surface area contributed by atoms with Gasteiger partial charge in [0, 0.05) is 39.3 Å². The molecule has 0 saturated carbocycles. The number of fused-ring (bicyclic) bond motifs is 7. The molecule has 0 saturated heterocycles. The first kappa shape index (κ1) is 35.6. The summed E-state index contributed by atoms with van der Waals surface area (Å²) in [6, 6.07) is 55.7. The van der Waals surface area contributed by atoms with E-state index in [1.54, 1.807) is 0 Å². The van der Waals surface area contributed by atoms with Crippen LogP contribution in [0.5, 0.6) is 0 Å². The van der Waals surface area contributed by atoms with Crippen molar-refractivity contribution < 1.29 is 0 Å². The van der Waals surface area contributed by atoms with Crippen molar-refractivity contribution in [2.24, 2.45) is 0 Å². The van der Waals surface area contributed by atoms with Gasteiger partial charge in [-0.05, 0) is 121 Å². The van der Waals surface area contributed by atoms with E-state index in [0.29, 0.717) is 0 Å². The Balaban J connectivity index is 1.33. The maximum Gasteiger partial charge on any atom is 0.333 e. The third-order valence-corrected chi connectivity index (χ3v) is 13.0. The van der Waals surface area contributed by atoms with E-state index in [1.807, 2.05) is 0 Å². The minimum atomic E-state index is -0.148. The lowest BCUT2D eigenvalue weighted by Crippen LogP contribution is -2.61. The Morgan fingerprint density at radius 1 is 0.474 bits per heavy atom. The third-order valence-electron chi connectivity index (χ3n) is 13.0. The van der Waals surface area contributed by atoms with E-state index in [0.717, 1.165) is 0 Å². The third kappa shape index (κ3) is 5.38. The topological polar surface area (TPSA) is 6.48 Å². The van der Waals surface area contributed by atoms with Gasteiger partial charge in [-0.1, -0.05) is 159 Å². The smallest absolute Gasteiger partial charge is 0.333 e. The van der Waals surface area contributed by atoms with Gasteiger partial charge in [0.1, 0.15) is 0 Å². The second-order valence-corrected chi connectivity index (χ2v) is 19.1. The Morgan fingerprint density at radius 3 is 1.84 bits per heavy atom. The average molecular weight is 739 g/mol. The van der Waals surface area contributed by atoms with Crippen molar-refractivity contribution in [1.82, 2.24) is 0 Å². The normalized spacial score (nSPS) is 14.8. The molecular weight excluding hydrogens is 687 g/mol. The van der Waals surface area contributed by atoms with Crippen LogP contribution in [0.3, 0.4) is 0 Å². The molecular formula is C54H51BN2. The molecule has 3 heteroatoms. The van der Waals surface area contributed by atoms with Gasteiger partial charge in [0.2, 0.25) is 0 Å². The molecule has 2 heterocycles. The first-order valence-corrected chi connectivity index (χ1v) is 20.6. The van der Waals surface area contributed by atoms with Crippen LogP contribution in [0.1, 0.15) is 83.2 Å². The Kier molecular flexibility index (Phi) is 7.72. The fourth-order valence-electron chi connectivity index (χ4n) is 9.96. The average Bonchev–Trinajstić information content (AvgIpc) is 3.42. The molecule has 0 radical (unpaired) electrons. The van der Waals surface area contributed by atoms with Crippen molar-refractivity contribution in [2.45, 2.75) is 78.6 Å². The summed E-state index contributed by atoms with van der Waals surface area (Å²) in [5, 5.41) is 0. The Bertz CT molecular complexity index is 2740. The highest BCUT2D eigenvalue weighted by Crippen LogP contribution is 2.54. The SMILES string of the molecule is Cc1cc2c3c(c1)N(c1ccc(C(C)(C)C)cc1-c1ccccc1)c1cc4c(cc1B3N(c1ccc(C(C)(C)C)cc1)c1ccccc1-2)-c1ccccc1C4(C)C. The van der Waals surface area contributed by atoms with E-state index in [1.165, 1.54) is 101 Å². The van der Waals surface area contributed by atoms with Crippen molar-refractivity contribution >= 4 is 46.2 Å². The summed E-state index contributed by atoms with van der Waals surface area (Å²) in [5.74, 6) is 0. The molecule has 3 aliphatic rings. The Labute approximate surface area is 340 Å². The summed E-state index contributed by atoms with van der Waals surface area (Å²) in [5.41, 5.74) is 23.2. The number of hydrogen-bond acceptors (Lipinski definition) is 2. The molecule has 7 aromatic rings. The Morgan fingerprint density at radius 2 is 1.12 bits per heavy atom. The van der Waals surface area contributed by atoms with Gasteiger partial charge in [-0.25, -0.2) is 0 Å². The second-order valence-electron chi connectivity index (χ2n) is 19.1. The number of anilines is 5. The van der Waals surface area contributed by atoms with E-state index >= 15 is 0 Å². The zero-order valence-corrected chi connectivity index (χ0v) is 34.8. The summed E-state index contributed by atoms with van der Waals surface area (Å²) < 4.78 is 0. The fraction of sp³-hybridized carbons (Fsp3) is 0.222. The molecule has 57 heavy (non-hydrogen) atoms. The largest absolute Gasteiger partial charge is 0.376 e. The zero-order chi connectivity index (χ0) is 39.6. The van der Waals surface area contributed by atoms with Gasteiger partial charge in [-0.3, -0.25) is 0 Å². The molecule has 0 amide bonds. The van der Waals surface area contributed by atoms with Gasteiger partial charge in [0.05, 0.1) is 5.69 Å². The van der Waals surface area contributed by atoms with E-state index < -0.39 is 0 Å². The monoisotopic (exact) mass is 738 g/mol. The van der Waals surface area contributed by atoms with E-state index in [4.69, 9.17) is 0 Å². The van der Waals surface area contributed by atoms with Crippen molar-refractivity contribution in [2.75, 3.05) is 9.71 Å². The van der Waals surface area contributed by atoms with Crippen molar-refractivity contribution in [1.29, 1.82) is 0 Å². The van der Waals surface area contributed by atoms with Crippen LogP contribution in [0.4, 0.5) is 28.4 Å². The molecule has 0 bridgehead atoms. The van der Waals surface area contributed by atoms with Crippen molar-refractivity contribution in [3.8, 4) is 33.4 Å². The Hall–Kier alpha value is -5.80. The zero-order valence-electron chi connectivity index (χ0n) is 34.8. The molecule has 0 atom stereocenters. The first-order valence-electron chi connectivity index (χ1n) is 20.6. The number of hydrogen-bond donors (Lipinski definition) is 0. The molecule has 0 N–H and O–H groups in total. The minimum Gasteiger partial charge on any atom is -0.376 e. The van der Waals surface area contributed by atoms with Crippen molar-refractivity contribution in [3.63, 3.8) is 0 Å². The van der Waals surface area contributed by atoms with Crippen LogP contribution in [-0.4, -0.2) is 6.85 Å². The second kappa shape index (κ2) is 12.4. The number of aryl methyl sites for hydroxylation is 1. The predicted molar refractivity (Wildman–Crippen MR) is 245 cm³/mol. The summed E-state index contributed by atoms with van der Waals surface area (Å²) in [4.78, 5) is 5.26. The summed E-state index contributed by atoms with van der Waals surface area (Å²) in [6.07, 6.45) is 0. The number of rotatable bonds is 3. The molecule has 0 unspecified atom stereocenters. The van der Waals surface area contributed by atoms with Crippen LogP contribution in [0.15, 0.2) is 146 Å². The van der Waals surface area contributed by atoms with Crippen molar-refractivity contribution in [3.05, 3.63) is 173 Å². The number of nitrogens with zero attached hydrogens (tertiary/aromatic N) is 2. The molecule has 0 spiro atoms. The van der Waals surface area contributed by atoms with Gasteiger partial charge in [0.15, 0.2) is 0 Å². The maximum absolute atomic E-state index is 2.64. The molecule has 10 rings (SSSR count). The standard InChI is InChI=1S/C54H51BN2/c1-34-29-43-40-20-14-16-22-48(40)57(38-26-23-36(24-27-38)52(2,3)4)55-46-32-42-39-19-13-15-21-44(39)54(8,9)45(42)33-49(46)56(50(30-34)51(43)55)47-28-25-37(53(5,6)7)31-41(47)35-17-11-10-12-18-35/h10-33H,1-9H3. The molecule has 0 fully saturated rings. The maximum atomic E-state index is 2.64. The van der Waals surface area contributed by atoms with Crippen LogP contribution in [-0.2, 0) is 16.2 Å². The van der Waals surface area contributed by atoms with Crippen LogP contribution >= 0.6 is 0 Å². The quantitative estimate of drug-likeness (QED) is 0.167. The summed E-state index contributed by atoms with van der Waals surface area (Å²) in [7, 11) is 0. The molecule has 0 aromatic heterocycles. The predicted octanol–water partition coefficient (Wildman–Crippen LogP) is 13.3. The molecule has 2 aliphatic heterocycles. The summed E-state index contributed by atoms with van der Waals surface area (Å²) in [6.45, 7) is 20.9. The first-order chi connectivity index (χ1) is 27.2. The van der Waals surface area contributed by atoms with Gasteiger partial charge < -0.3 is 9.71 Å². The fourth-order valence-corrected chi connectivity index (χ4v) is 9.96. The number of para-hydroxylation sites is 1. The molecule has 7 aromatic carbocycles. The minimum absolute atomic E-state index is 0.00116. The highest BCUT2D eigenvalue weighted by Gasteiger charge is 2.47. The highest BCUT2D eigenvalue weighted by molar-refractivity contribution is 6.93. The van der Waals surface area contributed by atoms with E-state index in [2.05, 4.69) is 218 Å².